The number of hydrogen-bond acceptors (Lipinski definition) is 4. The maximum Gasteiger partial charge on any atom is 0.254 e. The lowest BCUT2D eigenvalue weighted by atomic mass is 9.91. The average molecular weight is 346 g/mol. The molecule has 3 rings (SSSR count). The molecule has 1 heterocycles. The molecule has 0 aliphatic heterocycles. The van der Waals surface area contributed by atoms with Crippen molar-refractivity contribution in [1.29, 1.82) is 0 Å². The predicted molar refractivity (Wildman–Crippen MR) is 92.0 cm³/mol. The van der Waals surface area contributed by atoms with Crippen molar-refractivity contribution in [2.75, 3.05) is 6.54 Å². The number of hydrogen-bond donors (Lipinski definition) is 2. The van der Waals surface area contributed by atoms with Crippen molar-refractivity contribution in [2.24, 2.45) is 0 Å². The summed E-state index contributed by atoms with van der Waals surface area (Å²) < 4.78 is 0. The van der Waals surface area contributed by atoms with Crippen molar-refractivity contribution in [1.82, 2.24) is 15.3 Å². The standard InChI is InChI=1S/C18H20ClN3O2/c1-2-18(24,13-5-7-14(19)8-6-13)10-21-17(23)15-9-20-11-22-16(15)12-3-4-12/h5-9,11-12,24H,2-4,10H2,1H3,(H,21,23). The van der Waals surface area contributed by atoms with Gasteiger partial charge >= 0.3 is 0 Å². The first-order chi connectivity index (χ1) is 11.5. The highest BCUT2D eigenvalue weighted by molar-refractivity contribution is 6.30. The molecule has 6 heteroatoms. The number of halogens is 1. The summed E-state index contributed by atoms with van der Waals surface area (Å²) in [7, 11) is 0. The molecule has 0 bridgehead atoms. The molecule has 0 saturated heterocycles. The number of nitrogens with one attached hydrogen (secondary N) is 1. The lowest BCUT2D eigenvalue weighted by Crippen LogP contribution is -2.40. The summed E-state index contributed by atoms with van der Waals surface area (Å²) in [5.74, 6) is 0.105. The van der Waals surface area contributed by atoms with Crippen molar-refractivity contribution < 1.29 is 9.90 Å². The first-order valence-corrected chi connectivity index (χ1v) is 8.48. The van der Waals surface area contributed by atoms with Crippen molar-refractivity contribution >= 4 is 17.5 Å². The van der Waals surface area contributed by atoms with Crippen LogP contribution in [0.3, 0.4) is 0 Å². The molecule has 2 N–H and O–H groups in total. The molecule has 0 radical (unpaired) electrons. The number of rotatable bonds is 6. The van der Waals surface area contributed by atoms with Gasteiger partial charge in [-0.2, -0.15) is 0 Å². The first-order valence-electron chi connectivity index (χ1n) is 8.10. The van der Waals surface area contributed by atoms with E-state index in [1.165, 1.54) is 6.33 Å². The van der Waals surface area contributed by atoms with E-state index < -0.39 is 5.60 Å². The van der Waals surface area contributed by atoms with Crippen LogP contribution < -0.4 is 5.32 Å². The van der Waals surface area contributed by atoms with Gasteiger partial charge in [-0.05, 0) is 37.0 Å². The van der Waals surface area contributed by atoms with Crippen LogP contribution in [0, 0.1) is 0 Å². The molecule has 5 nitrogen and oxygen atoms in total. The third-order valence-electron chi connectivity index (χ3n) is 4.46. The Morgan fingerprint density at radius 2 is 2.08 bits per heavy atom. The SMILES string of the molecule is CCC(O)(CNC(=O)c1cncnc1C1CC1)c1ccc(Cl)cc1. The molecule has 1 aromatic carbocycles. The molecule has 1 saturated carbocycles. The second-order valence-electron chi connectivity index (χ2n) is 6.17. The molecule has 1 aliphatic rings. The minimum absolute atomic E-state index is 0.114. The van der Waals surface area contributed by atoms with Crippen LogP contribution in [-0.4, -0.2) is 27.5 Å². The lowest BCUT2D eigenvalue weighted by molar-refractivity contribution is 0.0314. The second-order valence-corrected chi connectivity index (χ2v) is 6.61. The maximum absolute atomic E-state index is 12.5. The second kappa shape index (κ2) is 6.87. The highest BCUT2D eigenvalue weighted by Crippen LogP contribution is 2.40. The van der Waals surface area contributed by atoms with E-state index in [0.29, 0.717) is 22.9 Å². The molecule has 1 atom stereocenters. The van der Waals surface area contributed by atoms with E-state index in [1.54, 1.807) is 30.5 Å². The van der Waals surface area contributed by atoms with E-state index in [2.05, 4.69) is 15.3 Å². The van der Waals surface area contributed by atoms with Crippen LogP contribution in [-0.2, 0) is 5.60 Å². The van der Waals surface area contributed by atoms with Crippen LogP contribution in [0.4, 0.5) is 0 Å². The minimum atomic E-state index is -1.14. The Bertz CT molecular complexity index is 731. The zero-order chi connectivity index (χ0) is 17.2. The summed E-state index contributed by atoms with van der Waals surface area (Å²) in [5, 5.41) is 14.3. The summed E-state index contributed by atoms with van der Waals surface area (Å²) in [6.45, 7) is 1.99. The van der Waals surface area contributed by atoms with Gasteiger partial charge in [0.05, 0.1) is 17.8 Å². The summed E-state index contributed by atoms with van der Waals surface area (Å²) >= 11 is 5.90. The number of aliphatic hydroxyl groups is 1. The maximum atomic E-state index is 12.5. The Kier molecular flexibility index (Phi) is 4.83. The first kappa shape index (κ1) is 16.9. The number of benzene rings is 1. The Morgan fingerprint density at radius 1 is 1.38 bits per heavy atom. The third kappa shape index (κ3) is 3.57. The molecule has 126 valence electrons. The Hall–Kier alpha value is -1.98. The summed E-state index contributed by atoms with van der Waals surface area (Å²) in [5.41, 5.74) is 0.875. The van der Waals surface area contributed by atoms with Crippen LogP contribution >= 0.6 is 11.6 Å². The van der Waals surface area contributed by atoms with E-state index in [4.69, 9.17) is 11.6 Å². The fourth-order valence-electron chi connectivity index (χ4n) is 2.71. The molecule has 2 aromatic rings. The Labute approximate surface area is 146 Å². The van der Waals surface area contributed by atoms with E-state index in [-0.39, 0.29) is 12.5 Å². The zero-order valence-corrected chi connectivity index (χ0v) is 14.3. The van der Waals surface area contributed by atoms with Crippen LogP contribution in [0.2, 0.25) is 5.02 Å². The van der Waals surface area contributed by atoms with Gasteiger partial charge in [-0.25, -0.2) is 9.97 Å². The summed E-state index contributed by atoms with van der Waals surface area (Å²) in [4.78, 5) is 20.7. The number of aromatic nitrogens is 2. The van der Waals surface area contributed by atoms with Crippen molar-refractivity contribution in [3.63, 3.8) is 0 Å². The van der Waals surface area contributed by atoms with E-state index in [9.17, 15) is 9.90 Å². The molecular formula is C18H20ClN3O2. The van der Waals surface area contributed by atoms with Crippen LogP contribution in [0.15, 0.2) is 36.8 Å². The molecule has 1 amide bonds. The summed E-state index contributed by atoms with van der Waals surface area (Å²) in [6, 6.07) is 7.02. The minimum Gasteiger partial charge on any atom is -0.383 e. The van der Waals surface area contributed by atoms with E-state index in [1.807, 2.05) is 6.92 Å². The predicted octanol–water partition coefficient (Wildman–Crippen LogP) is 3.04. The third-order valence-corrected chi connectivity index (χ3v) is 4.71. The van der Waals surface area contributed by atoms with E-state index in [0.717, 1.165) is 24.1 Å². The van der Waals surface area contributed by atoms with Gasteiger partial charge in [-0.1, -0.05) is 30.7 Å². The topological polar surface area (TPSA) is 75.1 Å². The van der Waals surface area contributed by atoms with Gasteiger partial charge < -0.3 is 10.4 Å². The fraction of sp³-hybridized carbons (Fsp3) is 0.389. The molecule has 0 spiro atoms. The van der Waals surface area contributed by atoms with Crippen LogP contribution in [0.5, 0.6) is 0 Å². The molecule has 1 fully saturated rings. The lowest BCUT2D eigenvalue weighted by Gasteiger charge is -2.28. The normalized spacial score (nSPS) is 16.5. The molecule has 24 heavy (non-hydrogen) atoms. The van der Waals surface area contributed by atoms with Gasteiger partial charge in [0, 0.05) is 17.1 Å². The van der Waals surface area contributed by atoms with Gasteiger partial charge in [0.1, 0.15) is 11.9 Å². The van der Waals surface area contributed by atoms with E-state index >= 15 is 0 Å². The Balaban J connectivity index is 1.73. The number of nitrogens with zero attached hydrogens (tertiary/aromatic N) is 2. The van der Waals surface area contributed by atoms with Crippen LogP contribution in [0.1, 0.15) is 53.7 Å². The molecular weight excluding hydrogens is 326 g/mol. The van der Waals surface area contributed by atoms with Gasteiger partial charge in [0.15, 0.2) is 0 Å². The van der Waals surface area contributed by atoms with Crippen LogP contribution in [0.25, 0.3) is 0 Å². The largest absolute Gasteiger partial charge is 0.383 e. The monoisotopic (exact) mass is 345 g/mol. The number of carbonyl (C=O) groups excluding carboxylic acids is 1. The molecule has 1 aromatic heterocycles. The fourth-order valence-corrected chi connectivity index (χ4v) is 2.84. The highest BCUT2D eigenvalue weighted by Gasteiger charge is 2.31. The molecule has 1 unspecified atom stereocenters. The highest BCUT2D eigenvalue weighted by atomic mass is 35.5. The number of amides is 1. The Morgan fingerprint density at radius 3 is 2.71 bits per heavy atom. The average Bonchev–Trinajstić information content (AvgIpc) is 3.45. The van der Waals surface area contributed by atoms with Crippen molar-refractivity contribution in [3.8, 4) is 0 Å². The smallest absolute Gasteiger partial charge is 0.254 e. The number of carbonyl (C=O) groups is 1. The van der Waals surface area contributed by atoms with Gasteiger partial charge in [0.2, 0.25) is 0 Å². The summed E-state index contributed by atoms with van der Waals surface area (Å²) in [6.07, 6.45) is 5.60. The zero-order valence-electron chi connectivity index (χ0n) is 13.5. The van der Waals surface area contributed by atoms with Gasteiger partial charge in [-0.3, -0.25) is 4.79 Å². The quantitative estimate of drug-likeness (QED) is 0.843. The van der Waals surface area contributed by atoms with Crippen molar-refractivity contribution in [3.05, 3.63) is 58.6 Å². The molecule has 1 aliphatic carbocycles. The van der Waals surface area contributed by atoms with Crippen molar-refractivity contribution in [2.45, 2.75) is 37.7 Å². The van der Waals surface area contributed by atoms with Gasteiger partial charge in [-0.15, -0.1) is 0 Å². The van der Waals surface area contributed by atoms with Gasteiger partial charge in [0.25, 0.3) is 5.91 Å².